The first-order chi connectivity index (χ1) is 16.4. The Morgan fingerprint density at radius 3 is 2.79 bits per heavy atom. The van der Waals surface area contributed by atoms with E-state index in [0.717, 1.165) is 38.0 Å². The van der Waals surface area contributed by atoms with Crippen LogP contribution in [-0.2, 0) is 18.6 Å². The van der Waals surface area contributed by atoms with E-state index >= 15 is 0 Å². The minimum atomic E-state index is -1.60. The summed E-state index contributed by atoms with van der Waals surface area (Å²) in [6.07, 6.45) is 5.97. The Morgan fingerprint density at radius 2 is 2.00 bits per heavy atom. The van der Waals surface area contributed by atoms with Gasteiger partial charge >= 0.3 is 0 Å². The van der Waals surface area contributed by atoms with Crippen molar-refractivity contribution in [3.05, 3.63) is 69.9 Å². The van der Waals surface area contributed by atoms with Crippen LogP contribution in [0, 0.1) is 0 Å². The maximum atomic E-state index is 14.7. The first-order valence-electron chi connectivity index (χ1n) is 11.6. The van der Waals surface area contributed by atoms with Crippen molar-refractivity contribution in [2.45, 2.75) is 51.4 Å². The fourth-order valence-corrected chi connectivity index (χ4v) is 4.52. The second-order valence-electron chi connectivity index (χ2n) is 9.53. The van der Waals surface area contributed by atoms with Gasteiger partial charge in [0, 0.05) is 24.6 Å². The molecular formula is C25H26FN7O. The van der Waals surface area contributed by atoms with Gasteiger partial charge in [0.15, 0.2) is 5.65 Å². The van der Waals surface area contributed by atoms with E-state index in [1.165, 1.54) is 25.0 Å². The smallest absolute Gasteiger partial charge is 0.278 e. The maximum absolute atomic E-state index is 14.7. The minimum absolute atomic E-state index is 0.0994. The Morgan fingerprint density at radius 1 is 1.15 bits per heavy atom. The molecule has 9 heteroatoms. The SMILES string of the molecule is CC(C)(F)c1cc(-n2c3nc(Nc4ccc5c(c4)CCNC5)ncc3c(=O)n2C2CC2)ccn1. The molecule has 0 spiro atoms. The number of anilines is 2. The highest BCUT2D eigenvalue weighted by molar-refractivity contribution is 5.77. The molecule has 1 aliphatic carbocycles. The molecule has 1 saturated carbocycles. The summed E-state index contributed by atoms with van der Waals surface area (Å²) in [4.78, 5) is 26.6. The molecule has 0 radical (unpaired) electrons. The third-order valence-corrected chi connectivity index (χ3v) is 6.46. The molecule has 0 amide bonds. The fourth-order valence-electron chi connectivity index (χ4n) is 4.52. The zero-order valence-corrected chi connectivity index (χ0v) is 19.2. The van der Waals surface area contributed by atoms with Crippen LogP contribution in [-0.4, -0.2) is 30.9 Å². The monoisotopic (exact) mass is 459 g/mol. The van der Waals surface area contributed by atoms with Crippen molar-refractivity contribution in [2.75, 3.05) is 11.9 Å². The van der Waals surface area contributed by atoms with Crippen molar-refractivity contribution in [1.82, 2.24) is 29.6 Å². The van der Waals surface area contributed by atoms with Crippen molar-refractivity contribution < 1.29 is 4.39 Å². The summed E-state index contributed by atoms with van der Waals surface area (Å²) in [5.41, 5.74) is 3.22. The van der Waals surface area contributed by atoms with E-state index in [2.05, 4.69) is 32.7 Å². The van der Waals surface area contributed by atoms with E-state index in [1.807, 2.05) is 6.07 Å². The van der Waals surface area contributed by atoms with E-state index in [1.54, 1.807) is 33.9 Å². The van der Waals surface area contributed by atoms with Gasteiger partial charge in [0.25, 0.3) is 5.56 Å². The molecule has 4 heterocycles. The molecule has 34 heavy (non-hydrogen) atoms. The Labute approximate surface area is 195 Å². The van der Waals surface area contributed by atoms with Crippen molar-refractivity contribution in [3.63, 3.8) is 0 Å². The van der Waals surface area contributed by atoms with E-state index in [9.17, 15) is 9.18 Å². The van der Waals surface area contributed by atoms with Gasteiger partial charge in [-0.1, -0.05) is 6.07 Å². The molecule has 2 N–H and O–H groups in total. The molecule has 1 aliphatic heterocycles. The molecule has 1 fully saturated rings. The molecule has 0 atom stereocenters. The molecule has 8 nitrogen and oxygen atoms in total. The van der Waals surface area contributed by atoms with Gasteiger partial charge < -0.3 is 10.6 Å². The summed E-state index contributed by atoms with van der Waals surface area (Å²) in [7, 11) is 0. The number of fused-ring (bicyclic) bond motifs is 2. The lowest BCUT2D eigenvalue weighted by molar-refractivity contribution is 0.214. The average molecular weight is 460 g/mol. The van der Waals surface area contributed by atoms with Crippen LogP contribution in [0.1, 0.15) is 49.6 Å². The van der Waals surface area contributed by atoms with E-state index < -0.39 is 5.67 Å². The molecule has 0 bridgehead atoms. The number of hydrogen-bond acceptors (Lipinski definition) is 6. The number of aromatic nitrogens is 5. The molecule has 3 aromatic heterocycles. The van der Waals surface area contributed by atoms with Gasteiger partial charge in [-0.25, -0.2) is 18.7 Å². The number of halogens is 1. The molecule has 174 valence electrons. The van der Waals surface area contributed by atoms with Gasteiger partial charge in [-0.2, -0.15) is 4.98 Å². The number of nitrogens with one attached hydrogen (secondary N) is 2. The summed E-state index contributed by atoms with van der Waals surface area (Å²) >= 11 is 0. The van der Waals surface area contributed by atoms with Crippen LogP contribution < -0.4 is 16.2 Å². The molecule has 2 aliphatic rings. The van der Waals surface area contributed by atoms with Gasteiger partial charge in [-0.05, 0) is 75.0 Å². The summed E-state index contributed by atoms with van der Waals surface area (Å²) in [5.74, 6) is 0.406. The lowest BCUT2D eigenvalue weighted by Crippen LogP contribution is -2.23. The summed E-state index contributed by atoms with van der Waals surface area (Å²) in [6.45, 7) is 4.78. The summed E-state index contributed by atoms with van der Waals surface area (Å²) in [6, 6.07) is 9.82. The van der Waals surface area contributed by atoms with Crippen LogP contribution >= 0.6 is 0 Å². The van der Waals surface area contributed by atoms with E-state index in [-0.39, 0.29) is 11.6 Å². The average Bonchev–Trinajstić information content (AvgIpc) is 3.62. The summed E-state index contributed by atoms with van der Waals surface area (Å²) in [5, 5.41) is 7.11. The van der Waals surface area contributed by atoms with Crippen LogP contribution in [0.4, 0.5) is 16.0 Å². The van der Waals surface area contributed by atoms with E-state index in [0.29, 0.717) is 28.4 Å². The highest BCUT2D eigenvalue weighted by atomic mass is 19.1. The lowest BCUT2D eigenvalue weighted by Gasteiger charge is -2.18. The molecule has 0 saturated heterocycles. The lowest BCUT2D eigenvalue weighted by atomic mass is 10.0. The van der Waals surface area contributed by atoms with Crippen LogP contribution in [0.3, 0.4) is 0 Å². The highest BCUT2D eigenvalue weighted by Gasteiger charge is 2.31. The largest absolute Gasteiger partial charge is 0.324 e. The Bertz CT molecular complexity index is 1460. The third-order valence-electron chi connectivity index (χ3n) is 6.46. The number of alkyl halides is 1. The maximum Gasteiger partial charge on any atom is 0.278 e. The van der Waals surface area contributed by atoms with E-state index in [4.69, 9.17) is 4.98 Å². The van der Waals surface area contributed by atoms with Crippen molar-refractivity contribution in [2.24, 2.45) is 0 Å². The van der Waals surface area contributed by atoms with Gasteiger partial charge in [-0.15, -0.1) is 0 Å². The Balaban J connectivity index is 1.46. The molecular weight excluding hydrogens is 433 g/mol. The number of hydrogen-bond donors (Lipinski definition) is 2. The number of rotatable bonds is 5. The third kappa shape index (κ3) is 3.66. The van der Waals surface area contributed by atoms with Crippen molar-refractivity contribution in [3.8, 4) is 5.69 Å². The number of pyridine rings is 1. The minimum Gasteiger partial charge on any atom is -0.324 e. The number of nitrogens with zero attached hydrogens (tertiary/aromatic N) is 5. The standard InChI is InChI=1S/C25H26FN7O/c1-25(2,26)21-12-19(8-10-28-21)32-22-20(23(34)33(32)18-5-6-18)14-29-24(31-22)30-17-4-3-16-13-27-9-7-15(16)11-17/h3-4,8,10-12,14,18,27H,5-7,9,13H2,1-2H3,(H,29,30,31). The molecule has 6 rings (SSSR count). The van der Waals surface area contributed by atoms with Crippen LogP contribution in [0.15, 0.2) is 47.5 Å². The normalized spacial score (nSPS) is 16.0. The second-order valence-corrected chi connectivity index (χ2v) is 9.53. The van der Waals surface area contributed by atoms with Gasteiger partial charge in [0.1, 0.15) is 11.1 Å². The zero-order valence-electron chi connectivity index (χ0n) is 19.2. The first-order valence-corrected chi connectivity index (χ1v) is 11.6. The predicted octanol–water partition coefficient (Wildman–Crippen LogP) is 3.91. The topological polar surface area (TPSA) is 89.7 Å². The Hall–Kier alpha value is -3.59. The van der Waals surface area contributed by atoms with Crippen LogP contribution in [0.25, 0.3) is 16.7 Å². The van der Waals surface area contributed by atoms with Crippen LogP contribution in [0.5, 0.6) is 0 Å². The van der Waals surface area contributed by atoms with Gasteiger partial charge in [0.2, 0.25) is 5.95 Å². The van der Waals surface area contributed by atoms with Crippen LogP contribution in [0.2, 0.25) is 0 Å². The van der Waals surface area contributed by atoms with Crippen molar-refractivity contribution >= 4 is 22.7 Å². The highest BCUT2D eigenvalue weighted by Crippen LogP contribution is 2.36. The zero-order chi connectivity index (χ0) is 23.4. The van der Waals surface area contributed by atoms with Gasteiger partial charge in [0.05, 0.1) is 17.4 Å². The number of benzene rings is 1. The quantitative estimate of drug-likeness (QED) is 0.470. The first kappa shape index (κ1) is 21.0. The van der Waals surface area contributed by atoms with Crippen molar-refractivity contribution in [1.29, 1.82) is 0 Å². The molecule has 1 aromatic carbocycles. The fraction of sp³-hybridized carbons (Fsp3) is 0.360. The molecule has 4 aromatic rings. The summed E-state index contributed by atoms with van der Waals surface area (Å²) < 4.78 is 18.2. The Kier molecular flexibility index (Phi) is 4.77. The van der Waals surface area contributed by atoms with Gasteiger partial charge in [-0.3, -0.25) is 9.78 Å². The molecule has 0 unspecified atom stereocenters. The predicted molar refractivity (Wildman–Crippen MR) is 128 cm³/mol. The second kappa shape index (κ2) is 7.73.